The van der Waals surface area contributed by atoms with Crippen LogP contribution in [0.3, 0.4) is 0 Å². The Morgan fingerprint density at radius 3 is 1.19 bits per heavy atom. The Labute approximate surface area is 614 Å². The van der Waals surface area contributed by atoms with Gasteiger partial charge in [-0.05, 0) is 131 Å². The Morgan fingerprint density at radius 1 is 0.495 bits per heavy atom. The van der Waals surface area contributed by atoms with Crippen LogP contribution in [0, 0.1) is 47.3 Å². The van der Waals surface area contributed by atoms with E-state index in [1.165, 1.54) is 24.3 Å². The van der Waals surface area contributed by atoms with Crippen LogP contribution in [0.1, 0.15) is 152 Å². The Kier molecular flexibility index (Phi) is 78.1. The number of ether oxygens (including phenoxy) is 4. The molecule has 0 aromatic rings. The monoisotopic (exact) mass is 1500 g/mol. The number of primary amides is 3. The number of amides is 7. The summed E-state index contributed by atoms with van der Waals surface area (Å²) in [6.45, 7) is 40.7. The number of carbonyl (C=O) groups is 12. The maximum absolute atomic E-state index is 13.4. The smallest absolute Gasteiger partial charge is 0.240 e. The molecule has 574 valence electrons. The number of rotatable bonds is 56. The second-order valence-corrected chi connectivity index (χ2v) is 30.5. The molecule has 0 aliphatic carbocycles. The highest BCUT2D eigenvalue weighted by molar-refractivity contribution is 6.69. The lowest BCUT2D eigenvalue weighted by molar-refractivity contribution is -0.145. The number of carbonyl (C=O) groups excluding carboxylic acids is 12. The molecule has 0 saturated heterocycles. The summed E-state index contributed by atoms with van der Waals surface area (Å²) in [5.41, 5.74) is 15.9. The minimum Gasteiger partial charge on any atom is -0.418 e. The van der Waals surface area contributed by atoms with Crippen LogP contribution in [-0.4, -0.2) is 169 Å². The molecule has 7 amide bonds. The van der Waals surface area contributed by atoms with E-state index in [-0.39, 0.29) is 123 Å². The fourth-order valence-electron chi connectivity index (χ4n) is 8.58. The van der Waals surface area contributed by atoms with E-state index in [0.29, 0.717) is 134 Å². The lowest BCUT2D eigenvalue weighted by atomic mass is 9.79. The van der Waals surface area contributed by atoms with Gasteiger partial charge in [0.25, 0.3) is 0 Å². The van der Waals surface area contributed by atoms with Gasteiger partial charge in [0.15, 0.2) is 38.2 Å². The molecule has 0 aliphatic heterocycles. The number of hydrogen-bond donors (Lipinski definition) is 7. The number of alkyl halides is 3. The number of nitrogens with one attached hydrogen (secondary N) is 4. The largest absolute Gasteiger partial charge is 0.418 e. The van der Waals surface area contributed by atoms with Crippen LogP contribution in [0.2, 0.25) is 19.6 Å². The van der Waals surface area contributed by atoms with Gasteiger partial charge in [-0.3, -0.25) is 52.7 Å². The van der Waals surface area contributed by atoms with Gasteiger partial charge in [0, 0.05) is 112 Å². The van der Waals surface area contributed by atoms with Crippen LogP contribution in [0.15, 0.2) is 63.3 Å². The summed E-state index contributed by atoms with van der Waals surface area (Å²) in [5, 5.41) is 11.4. The molecule has 0 rings (SSSR count). The first-order valence-corrected chi connectivity index (χ1v) is 38.4. The van der Waals surface area contributed by atoms with E-state index in [9.17, 15) is 52.7 Å². The average molecular weight is 1510 g/mol. The van der Waals surface area contributed by atoms with Gasteiger partial charge in [0.2, 0.25) is 42.4 Å². The van der Waals surface area contributed by atoms with E-state index in [2.05, 4.69) is 79.5 Å². The third kappa shape index (κ3) is 73.6. The van der Waals surface area contributed by atoms with E-state index in [0.717, 1.165) is 18.8 Å². The number of hydrogen-bond acceptors (Lipinski definition) is 17. The molecule has 0 aromatic carbocycles. The second kappa shape index (κ2) is 72.3. The zero-order valence-corrected chi connectivity index (χ0v) is 65.1. The van der Waals surface area contributed by atoms with Crippen molar-refractivity contribution < 1.29 is 80.9 Å². The van der Waals surface area contributed by atoms with Crippen molar-refractivity contribution in [3.05, 3.63) is 63.3 Å². The van der Waals surface area contributed by atoms with Crippen LogP contribution in [0.5, 0.6) is 0 Å². The molecule has 7 unspecified atom stereocenters. The van der Waals surface area contributed by atoms with Crippen LogP contribution >= 0.6 is 47.2 Å². The van der Waals surface area contributed by atoms with Gasteiger partial charge in [-0.1, -0.05) is 88.3 Å². The SMILES string of the molecule is C=CC(=O)CCCOC(CCCl)OCCCC(=O)C=C.C=CC(=O)CCCO[Si](C)(C)C.C=CC(N)=O.C=CC=O.CC(C)CC(CC(CC(NC=O)C(C)C)C(=O)NCCOC(CCCl)OCCNC(=O)C(CC(CC(C)C)C(N)=O)CC(C(N)=O)C(C)C)NC=O.Cl.O=CCCCl. The van der Waals surface area contributed by atoms with Gasteiger partial charge >= 0.3 is 0 Å². The Bertz CT molecular complexity index is 2210. The molecule has 99 heavy (non-hydrogen) atoms. The van der Waals surface area contributed by atoms with Crippen molar-refractivity contribution in [1.82, 2.24) is 21.3 Å². The predicted octanol–water partition coefficient (Wildman–Crippen LogP) is 9.52. The van der Waals surface area contributed by atoms with Crippen LogP contribution in [-0.2, 0) is 80.9 Å². The van der Waals surface area contributed by atoms with E-state index in [1.54, 1.807) is 0 Å². The quantitative estimate of drug-likeness (QED) is 0.00744. The van der Waals surface area contributed by atoms with E-state index in [1.807, 2.05) is 55.4 Å². The van der Waals surface area contributed by atoms with E-state index in [4.69, 9.17) is 74.4 Å². The van der Waals surface area contributed by atoms with Gasteiger partial charge < -0.3 is 66.6 Å². The molecule has 10 N–H and O–H groups in total. The minimum absolute atomic E-state index is 0. The normalized spacial score (nSPS) is 12.6. The molecule has 0 fully saturated rings. The number of allylic oxidation sites excluding steroid dienone is 4. The first kappa shape index (κ1) is 107. The molecular formula is C70H125Cl4N7O17Si. The van der Waals surface area contributed by atoms with Crippen molar-refractivity contribution >= 4 is 128 Å². The van der Waals surface area contributed by atoms with Crippen molar-refractivity contribution in [2.45, 2.75) is 196 Å². The lowest BCUT2D eigenvalue weighted by Crippen LogP contribution is -2.43. The fraction of sp³-hybridized carbons (Fsp3) is 0.686. The summed E-state index contributed by atoms with van der Waals surface area (Å²) in [6, 6.07) is -0.419. The third-order valence-electron chi connectivity index (χ3n) is 13.6. The molecule has 0 saturated carbocycles. The lowest BCUT2D eigenvalue weighted by Gasteiger charge is -2.29. The summed E-state index contributed by atoms with van der Waals surface area (Å²) in [7, 11) is -1.38. The number of ketones is 3. The highest BCUT2D eigenvalue weighted by atomic mass is 35.5. The van der Waals surface area contributed by atoms with Crippen molar-refractivity contribution in [2.75, 3.05) is 63.8 Å². The number of halogens is 4. The molecular weight excluding hydrogens is 1380 g/mol. The maximum atomic E-state index is 13.4. The van der Waals surface area contributed by atoms with Crippen molar-refractivity contribution in [1.29, 1.82) is 0 Å². The topological polar surface area (TPSA) is 377 Å². The van der Waals surface area contributed by atoms with Gasteiger partial charge in [-0.25, -0.2) is 0 Å². The van der Waals surface area contributed by atoms with Gasteiger partial charge in [0.1, 0.15) is 12.6 Å². The first-order valence-electron chi connectivity index (χ1n) is 33.3. The van der Waals surface area contributed by atoms with Crippen LogP contribution in [0.4, 0.5) is 0 Å². The van der Waals surface area contributed by atoms with Crippen LogP contribution in [0.25, 0.3) is 0 Å². The van der Waals surface area contributed by atoms with E-state index < -0.39 is 56.0 Å². The molecule has 29 heteroatoms. The minimum atomic E-state index is -1.38. The first-order chi connectivity index (χ1) is 46.1. The highest BCUT2D eigenvalue weighted by Gasteiger charge is 2.33. The molecule has 0 aromatic heterocycles. The highest BCUT2D eigenvalue weighted by Crippen LogP contribution is 2.28. The summed E-state index contributed by atoms with van der Waals surface area (Å²) in [4.78, 5) is 134. The molecule has 0 spiro atoms. The standard InChI is InChI=1S/C37H69ClN6O8.C15H23ClO4.C9H18O2Si.C3H5ClO.C3H5NO.C3H4O.ClH/c1-23(2)15-27(34(39)47)17-28(19-31(25(5)6)35(40)48)36(49)41-11-13-51-33(9-10-38)52-14-12-42-37(50)29(20-32(26(7)8)44-22-46)18-30(43-21-45)16-24(3)4;1-3-13(17)7-5-11-19-15(9-10-16)20-12-6-8-14(18)4-2;1-5-9(10)7-6-8-11-12(2,3)4;4-2-1-3-5;1-2-3(4)5;1-2-3-4;/h21-33H,9-20H2,1-8H3,(H2,39,47)(H2,40,48)(H,41,49)(H,42,50)(H,43,45)(H,44,46);3-4,15H,1-2,5-12H2;5H,1,6-8H2,2-4H3;3H,1-2H2;2H,1H2,(H2,4,5);2-3H,1H2;1H. The van der Waals surface area contributed by atoms with E-state index >= 15 is 0 Å². The van der Waals surface area contributed by atoms with Gasteiger partial charge in [-0.2, -0.15) is 0 Å². The number of aldehydes is 2. The third-order valence-corrected chi connectivity index (χ3v) is 15.3. The zero-order chi connectivity index (χ0) is 76.5. The Balaban J connectivity index is -0.000000289. The summed E-state index contributed by atoms with van der Waals surface area (Å²) >= 11 is 16.7. The molecule has 0 radical (unpaired) electrons. The van der Waals surface area contributed by atoms with Crippen LogP contribution < -0.4 is 38.5 Å². The maximum Gasteiger partial charge on any atom is 0.240 e. The van der Waals surface area contributed by atoms with Crippen molar-refractivity contribution in [3.63, 3.8) is 0 Å². The average Bonchev–Trinajstić information content (AvgIpc) is 0.881. The van der Waals surface area contributed by atoms with Crippen molar-refractivity contribution in [2.24, 2.45) is 64.5 Å². The van der Waals surface area contributed by atoms with Crippen molar-refractivity contribution in [3.8, 4) is 0 Å². The fourth-order valence-corrected chi connectivity index (χ4v) is 9.78. The summed E-state index contributed by atoms with van der Waals surface area (Å²) in [5.74, 6) is -2.43. The predicted molar refractivity (Wildman–Crippen MR) is 400 cm³/mol. The molecule has 0 aliphatic rings. The molecule has 24 nitrogen and oxygen atoms in total. The summed E-state index contributed by atoms with van der Waals surface area (Å²) in [6.07, 6.45) is 15.2. The van der Waals surface area contributed by atoms with Gasteiger partial charge in [-0.15, -0.1) is 47.2 Å². The Morgan fingerprint density at radius 2 is 0.899 bits per heavy atom. The second-order valence-electron chi connectivity index (χ2n) is 24.8. The number of nitrogens with two attached hydrogens (primary N) is 3. The molecule has 7 atom stereocenters. The molecule has 0 bridgehead atoms. The van der Waals surface area contributed by atoms with Gasteiger partial charge in [0.05, 0.1) is 26.4 Å². The Hall–Kier alpha value is -5.48. The summed E-state index contributed by atoms with van der Waals surface area (Å²) < 4.78 is 28.3. The molecule has 0 heterocycles. The zero-order valence-electron chi connectivity index (χ0n) is 61.1.